The van der Waals surface area contributed by atoms with Crippen LogP contribution in [0.1, 0.15) is 39.0 Å². The zero-order chi connectivity index (χ0) is 23.7. The van der Waals surface area contributed by atoms with Gasteiger partial charge in [0.25, 0.3) is 5.91 Å². The van der Waals surface area contributed by atoms with E-state index in [1.807, 2.05) is 54.6 Å². The summed E-state index contributed by atoms with van der Waals surface area (Å²) < 4.78 is 5.51. The molecule has 8 heteroatoms. The van der Waals surface area contributed by atoms with Crippen molar-refractivity contribution in [1.82, 2.24) is 20.0 Å². The number of methoxy groups -OCH3 is 1. The third kappa shape index (κ3) is 4.22. The molecule has 5 rings (SSSR count). The van der Waals surface area contributed by atoms with E-state index in [1.54, 1.807) is 4.90 Å². The van der Waals surface area contributed by atoms with Gasteiger partial charge in [0.15, 0.2) is 6.10 Å². The minimum atomic E-state index is -0.681. The van der Waals surface area contributed by atoms with Gasteiger partial charge in [0.2, 0.25) is 5.78 Å². The van der Waals surface area contributed by atoms with Crippen molar-refractivity contribution in [2.45, 2.75) is 19.2 Å². The third-order valence-corrected chi connectivity index (χ3v) is 6.74. The predicted molar refractivity (Wildman–Crippen MR) is 129 cm³/mol. The van der Waals surface area contributed by atoms with Crippen LogP contribution in [0.5, 0.6) is 0 Å². The molecule has 0 spiro atoms. The number of amides is 1. The molecule has 8 nitrogen and oxygen atoms in total. The van der Waals surface area contributed by atoms with E-state index in [2.05, 4.69) is 27.0 Å². The Morgan fingerprint density at radius 1 is 0.971 bits per heavy atom. The number of anilines is 1. The molecule has 0 bridgehead atoms. The quantitative estimate of drug-likeness (QED) is 0.571. The van der Waals surface area contributed by atoms with Gasteiger partial charge in [0, 0.05) is 50.1 Å². The molecule has 2 aliphatic heterocycles. The summed E-state index contributed by atoms with van der Waals surface area (Å²) in [5, 5.41) is 7.26. The topological polar surface area (TPSA) is 81.8 Å². The van der Waals surface area contributed by atoms with E-state index in [9.17, 15) is 9.59 Å². The van der Waals surface area contributed by atoms with Crippen LogP contribution in [0.15, 0.2) is 54.6 Å². The highest BCUT2D eigenvalue weighted by molar-refractivity contribution is 6.09. The van der Waals surface area contributed by atoms with Crippen molar-refractivity contribution < 1.29 is 14.3 Å². The molecule has 34 heavy (non-hydrogen) atoms. The van der Waals surface area contributed by atoms with Crippen molar-refractivity contribution in [2.24, 2.45) is 0 Å². The predicted octanol–water partition coefficient (Wildman–Crippen LogP) is 2.62. The molecule has 1 fully saturated rings. The van der Waals surface area contributed by atoms with Crippen LogP contribution < -0.4 is 4.90 Å². The summed E-state index contributed by atoms with van der Waals surface area (Å²) in [6, 6.07) is 17.2. The number of aromatic amines is 1. The molecular formula is C26H29N5O3. The third-order valence-electron chi connectivity index (χ3n) is 6.74. The Hall–Kier alpha value is -3.49. The molecule has 3 heterocycles. The maximum absolute atomic E-state index is 13.3. The monoisotopic (exact) mass is 459 g/mol. The molecule has 3 aromatic rings. The first kappa shape index (κ1) is 22.3. The Labute approximate surface area is 199 Å². The van der Waals surface area contributed by atoms with Gasteiger partial charge < -0.3 is 19.4 Å². The normalized spacial score (nSPS) is 17.0. The highest BCUT2D eigenvalue weighted by atomic mass is 16.5. The number of hydrogen-bond donors (Lipinski definition) is 1. The zero-order valence-corrected chi connectivity index (χ0v) is 19.5. The lowest BCUT2D eigenvalue weighted by Gasteiger charge is -2.34. The molecule has 1 amide bonds. The van der Waals surface area contributed by atoms with Crippen LogP contribution >= 0.6 is 0 Å². The highest BCUT2D eigenvalue weighted by Crippen LogP contribution is 2.29. The molecule has 2 aliphatic rings. The number of hydrogen-bond acceptors (Lipinski definition) is 6. The highest BCUT2D eigenvalue weighted by Gasteiger charge is 2.34. The number of H-pyrrole nitrogens is 1. The number of nitrogens with one attached hydrogen (secondary N) is 1. The van der Waals surface area contributed by atoms with E-state index < -0.39 is 6.10 Å². The van der Waals surface area contributed by atoms with E-state index in [4.69, 9.17) is 4.74 Å². The number of ketones is 1. The number of benzene rings is 2. The largest absolute Gasteiger partial charge is 0.369 e. The number of aromatic nitrogens is 2. The first-order valence-electron chi connectivity index (χ1n) is 11.6. The molecule has 1 aromatic heterocycles. The van der Waals surface area contributed by atoms with E-state index in [1.165, 1.54) is 7.11 Å². The SMILES string of the molecule is CO[C@@H](C(=O)N1Cc2[nH]nc(C(=O)c3ccc(N4CCN(C)CC4)cc3)c2C1)c1ccccc1. The van der Waals surface area contributed by atoms with Gasteiger partial charge in [-0.1, -0.05) is 30.3 Å². The van der Waals surface area contributed by atoms with Gasteiger partial charge in [0.05, 0.1) is 18.8 Å². The van der Waals surface area contributed by atoms with Crippen LogP contribution in [0.3, 0.4) is 0 Å². The molecule has 0 unspecified atom stereocenters. The van der Waals surface area contributed by atoms with Gasteiger partial charge in [-0.15, -0.1) is 0 Å². The summed E-state index contributed by atoms with van der Waals surface area (Å²) in [5.74, 6) is -0.267. The first-order valence-corrected chi connectivity index (χ1v) is 11.6. The fourth-order valence-corrected chi connectivity index (χ4v) is 4.68. The number of nitrogens with zero attached hydrogens (tertiary/aromatic N) is 4. The Morgan fingerprint density at radius 3 is 2.35 bits per heavy atom. The van der Waals surface area contributed by atoms with Crippen LogP contribution in [0.25, 0.3) is 0 Å². The van der Waals surface area contributed by atoms with Crippen molar-refractivity contribution in [3.63, 3.8) is 0 Å². The summed E-state index contributed by atoms with van der Waals surface area (Å²) in [6.07, 6.45) is -0.681. The number of fused-ring (bicyclic) bond motifs is 1. The van der Waals surface area contributed by atoms with Gasteiger partial charge in [-0.3, -0.25) is 14.7 Å². The fourth-order valence-electron chi connectivity index (χ4n) is 4.68. The lowest BCUT2D eigenvalue weighted by Crippen LogP contribution is -2.44. The van der Waals surface area contributed by atoms with E-state index in [-0.39, 0.29) is 11.7 Å². The summed E-state index contributed by atoms with van der Waals surface area (Å²) >= 11 is 0. The Balaban J connectivity index is 1.29. The van der Waals surface area contributed by atoms with Crippen LogP contribution in [0, 0.1) is 0 Å². The van der Waals surface area contributed by atoms with Crippen molar-refractivity contribution in [2.75, 3.05) is 45.2 Å². The maximum Gasteiger partial charge on any atom is 0.256 e. The van der Waals surface area contributed by atoms with Gasteiger partial charge in [-0.25, -0.2) is 0 Å². The second kappa shape index (κ2) is 9.40. The van der Waals surface area contributed by atoms with Gasteiger partial charge >= 0.3 is 0 Å². The molecular weight excluding hydrogens is 430 g/mol. The van der Waals surface area contributed by atoms with Crippen LogP contribution in [-0.4, -0.2) is 72.0 Å². The van der Waals surface area contributed by atoms with Crippen molar-refractivity contribution in [3.8, 4) is 0 Å². The lowest BCUT2D eigenvalue weighted by atomic mass is 10.0. The average Bonchev–Trinajstić information content (AvgIpc) is 3.47. The molecule has 0 saturated carbocycles. The van der Waals surface area contributed by atoms with Crippen molar-refractivity contribution in [3.05, 3.63) is 82.7 Å². The number of rotatable bonds is 6. The molecule has 0 aliphatic carbocycles. The number of likely N-dealkylation sites (N-methyl/N-ethyl adjacent to an activating group) is 1. The molecule has 0 radical (unpaired) electrons. The van der Waals surface area contributed by atoms with Crippen LogP contribution in [-0.2, 0) is 22.6 Å². The van der Waals surface area contributed by atoms with Crippen LogP contribution in [0.2, 0.25) is 0 Å². The minimum Gasteiger partial charge on any atom is -0.369 e. The Morgan fingerprint density at radius 2 is 1.68 bits per heavy atom. The summed E-state index contributed by atoms with van der Waals surface area (Å²) in [7, 11) is 3.67. The van der Waals surface area contributed by atoms with E-state index in [0.717, 1.165) is 48.7 Å². The number of ether oxygens (including phenoxy) is 1. The number of piperazine rings is 1. The number of carbonyl (C=O) groups excluding carboxylic acids is 2. The Kier molecular flexibility index (Phi) is 6.17. The van der Waals surface area contributed by atoms with Crippen molar-refractivity contribution >= 4 is 17.4 Å². The summed E-state index contributed by atoms with van der Waals surface area (Å²) in [4.78, 5) is 32.8. The minimum absolute atomic E-state index is 0.131. The Bertz CT molecular complexity index is 1170. The second-order valence-corrected chi connectivity index (χ2v) is 8.92. The van der Waals surface area contributed by atoms with Crippen molar-refractivity contribution in [1.29, 1.82) is 0 Å². The van der Waals surface area contributed by atoms with Crippen LogP contribution in [0.4, 0.5) is 5.69 Å². The lowest BCUT2D eigenvalue weighted by molar-refractivity contribution is -0.143. The second-order valence-electron chi connectivity index (χ2n) is 8.92. The zero-order valence-electron chi connectivity index (χ0n) is 19.5. The van der Waals surface area contributed by atoms with Gasteiger partial charge in [-0.2, -0.15) is 5.10 Å². The molecule has 1 saturated heterocycles. The summed E-state index contributed by atoms with van der Waals surface area (Å²) in [6.45, 7) is 4.73. The smallest absolute Gasteiger partial charge is 0.256 e. The molecule has 1 atom stereocenters. The molecule has 2 aromatic carbocycles. The first-order chi connectivity index (χ1) is 16.5. The maximum atomic E-state index is 13.3. The molecule has 1 N–H and O–H groups in total. The average molecular weight is 460 g/mol. The van der Waals surface area contributed by atoms with E-state index >= 15 is 0 Å². The summed E-state index contributed by atoms with van der Waals surface area (Å²) in [5.41, 5.74) is 4.49. The molecule has 176 valence electrons. The standard InChI is InChI=1S/C26H29N5O3/c1-29-12-14-30(15-13-29)20-10-8-18(9-11-20)24(32)23-21-16-31(17-22(21)27-28-23)26(33)25(34-2)19-6-4-3-5-7-19/h3-11,25H,12-17H2,1-2H3,(H,27,28)/t25-/m1/s1. The van der Waals surface area contributed by atoms with Gasteiger partial charge in [-0.05, 0) is 36.9 Å². The fraction of sp³-hybridized carbons (Fsp3) is 0.346. The van der Waals surface area contributed by atoms with E-state index in [0.29, 0.717) is 24.3 Å². The van der Waals surface area contributed by atoms with Gasteiger partial charge in [0.1, 0.15) is 5.69 Å². The number of carbonyl (C=O) groups is 2.